The molecule has 1 amide bonds. The Balaban J connectivity index is 1.83. The van der Waals surface area contributed by atoms with E-state index < -0.39 is 23.8 Å². The lowest BCUT2D eigenvalue weighted by Crippen LogP contribution is -2.26. The van der Waals surface area contributed by atoms with Gasteiger partial charge >= 0.3 is 12.1 Å². The SMILES string of the molecule is COC(=O)CCNC(=O)c1ccc(C(Oc2ccc(-c3ccc(C(C)(C)C)cc3)c(C(F)(F)F)c2)C(C)C)cc1. The third-order valence-electron chi connectivity index (χ3n) is 6.57. The van der Waals surface area contributed by atoms with Crippen molar-refractivity contribution in [3.8, 4) is 16.9 Å². The van der Waals surface area contributed by atoms with Gasteiger partial charge in [0.15, 0.2) is 0 Å². The van der Waals surface area contributed by atoms with E-state index in [2.05, 4.69) is 30.8 Å². The van der Waals surface area contributed by atoms with Crippen molar-refractivity contribution >= 4 is 11.9 Å². The highest BCUT2D eigenvalue weighted by molar-refractivity contribution is 5.94. The Kier molecular flexibility index (Phi) is 9.66. The predicted molar refractivity (Wildman–Crippen MR) is 149 cm³/mol. The minimum atomic E-state index is -4.58. The van der Waals surface area contributed by atoms with Crippen LogP contribution in [0.4, 0.5) is 13.2 Å². The maximum atomic E-state index is 14.2. The van der Waals surface area contributed by atoms with Crippen LogP contribution in [0.15, 0.2) is 66.7 Å². The summed E-state index contributed by atoms with van der Waals surface area (Å²) in [5, 5.41) is 2.65. The zero-order valence-corrected chi connectivity index (χ0v) is 23.7. The molecular weight excluding hydrogens is 519 g/mol. The fourth-order valence-corrected chi connectivity index (χ4v) is 4.27. The highest BCUT2D eigenvalue weighted by atomic mass is 19.4. The van der Waals surface area contributed by atoms with Gasteiger partial charge in [-0.05, 0) is 57.9 Å². The average molecular weight is 556 g/mol. The van der Waals surface area contributed by atoms with Gasteiger partial charge in [-0.25, -0.2) is 0 Å². The summed E-state index contributed by atoms with van der Waals surface area (Å²) in [6.07, 6.45) is -5.06. The second-order valence-electron chi connectivity index (χ2n) is 11.0. The van der Waals surface area contributed by atoms with Crippen LogP contribution in [0.1, 0.15) is 74.2 Å². The number of ether oxygens (including phenoxy) is 2. The monoisotopic (exact) mass is 555 g/mol. The molecule has 8 heteroatoms. The lowest BCUT2D eigenvalue weighted by molar-refractivity contribution is -0.140. The van der Waals surface area contributed by atoms with E-state index in [1.165, 1.54) is 13.2 Å². The van der Waals surface area contributed by atoms with Crippen molar-refractivity contribution in [3.63, 3.8) is 0 Å². The van der Waals surface area contributed by atoms with E-state index in [4.69, 9.17) is 4.74 Å². The number of amides is 1. The van der Waals surface area contributed by atoms with Gasteiger partial charge in [0.25, 0.3) is 5.91 Å². The van der Waals surface area contributed by atoms with Gasteiger partial charge in [-0.2, -0.15) is 13.2 Å². The largest absolute Gasteiger partial charge is 0.485 e. The minimum Gasteiger partial charge on any atom is -0.485 e. The fourth-order valence-electron chi connectivity index (χ4n) is 4.27. The number of benzene rings is 3. The molecule has 0 aromatic heterocycles. The van der Waals surface area contributed by atoms with Crippen LogP contribution in [0.3, 0.4) is 0 Å². The smallest absolute Gasteiger partial charge is 0.417 e. The first-order chi connectivity index (χ1) is 18.7. The summed E-state index contributed by atoms with van der Waals surface area (Å²) in [6, 6.07) is 17.9. The number of carbonyl (C=O) groups is 2. The summed E-state index contributed by atoms with van der Waals surface area (Å²) >= 11 is 0. The molecule has 1 unspecified atom stereocenters. The number of methoxy groups -OCH3 is 1. The van der Waals surface area contributed by atoms with Gasteiger partial charge in [-0.1, -0.05) is 77.1 Å². The summed E-state index contributed by atoms with van der Waals surface area (Å²) in [7, 11) is 1.28. The fraction of sp³-hybridized carbons (Fsp3) is 0.375. The summed E-state index contributed by atoms with van der Waals surface area (Å²) < 4.78 is 53.1. The number of carbonyl (C=O) groups excluding carboxylic acids is 2. The third-order valence-corrected chi connectivity index (χ3v) is 6.57. The molecule has 3 aromatic rings. The molecule has 0 saturated heterocycles. The van der Waals surface area contributed by atoms with E-state index >= 15 is 0 Å². The Morgan fingerprint density at radius 3 is 2.05 bits per heavy atom. The summed E-state index contributed by atoms with van der Waals surface area (Å²) in [5.74, 6) is -0.740. The number of alkyl halides is 3. The molecule has 0 bridgehead atoms. The first-order valence-corrected chi connectivity index (χ1v) is 13.1. The van der Waals surface area contributed by atoms with Gasteiger partial charge in [-0.3, -0.25) is 9.59 Å². The van der Waals surface area contributed by atoms with E-state index in [9.17, 15) is 22.8 Å². The van der Waals surface area contributed by atoms with Gasteiger partial charge in [0, 0.05) is 12.1 Å². The van der Waals surface area contributed by atoms with Crippen LogP contribution in [-0.2, 0) is 21.1 Å². The Hall–Kier alpha value is -3.81. The van der Waals surface area contributed by atoms with E-state index in [1.807, 2.05) is 26.0 Å². The first kappa shape index (κ1) is 30.7. The standard InChI is InChI=1S/C32H36F3NO4/c1-20(2)29(22-7-9-23(10-8-22)30(38)36-18-17-28(37)39-6)40-25-15-16-26(27(19-25)32(33,34)35)21-11-13-24(14-12-21)31(3,4)5/h7-16,19-20,29H,17-18H2,1-6H3,(H,36,38). The molecule has 0 saturated carbocycles. The van der Waals surface area contributed by atoms with Crippen LogP contribution in [0.25, 0.3) is 11.1 Å². The van der Waals surface area contributed by atoms with E-state index in [1.54, 1.807) is 42.5 Å². The lowest BCUT2D eigenvalue weighted by Gasteiger charge is -2.24. The topological polar surface area (TPSA) is 64.6 Å². The maximum absolute atomic E-state index is 14.2. The van der Waals surface area contributed by atoms with Crippen LogP contribution >= 0.6 is 0 Å². The van der Waals surface area contributed by atoms with Crippen molar-refractivity contribution in [2.24, 2.45) is 5.92 Å². The van der Waals surface area contributed by atoms with Gasteiger partial charge in [0.2, 0.25) is 0 Å². The molecule has 0 aliphatic heterocycles. The Morgan fingerprint density at radius 1 is 0.900 bits per heavy atom. The Bertz CT molecular complexity index is 1310. The Labute approximate surface area is 233 Å². The number of hydrogen-bond donors (Lipinski definition) is 1. The van der Waals surface area contributed by atoms with Crippen LogP contribution < -0.4 is 10.1 Å². The van der Waals surface area contributed by atoms with Crippen molar-refractivity contribution in [3.05, 3.63) is 89.0 Å². The summed E-state index contributed by atoms with van der Waals surface area (Å²) in [4.78, 5) is 23.6. The molecule has 0 aliphatic carbocycles. The first-order valence-electron chi connectivity index (χ1n) is 13.1. The Morgan fingerprint density at radius 2 is 1.52 bits per heavy atom. The van der Waals surface area contributed by atoms with Crippen LogP contribution in [-0.4, -0.2) is 25.5 Å². The second-order valence-corrected chi connectivity index (χ2v) is 11.0. The number of rotatable bonds is 9. The highest BCUT2D eigenvalue weighted by Gasteiger charge is 2.34. The van der Waals surface area contributed by atoms with E-state index in [0.717, 1.165) is 17.2 Å². The van der Waals surface area contributed by atoms with Crippen molar-refractivity contribution in [1.29, 1.82) is 0 Å². The molecule has 0 aliphatic rings. The molecule has 0 heterocycles. The van der Waals surface area contributed by atoms with Crippen LogP contribution in [0.2, 0.25) is 0 Å². The van der Waals surface area contributed by atoms with Gasteiger partial charge < -0.3 is 14.8 Å². The maximum Gasteiger partial charge on any atom is 0.417 e. The molecule has 40 heavy (non-hydrogen) atoms. The molecule has 5 nitrogen and oxygen atoms in total. The molecular formula is C32H36F3NO4. The molecule has 3 rings (SSSR count). The van der Waals surface area contributed by atoms with Crippen molar-refractivity contribution in [1.82, 2.24) is 5.32 Å². The number of nitrogens with one attached hydrogen (secondary N) is 1. The normalized spacial score (nSPS) is 12.7. The zero-order chi connectivity index (χ0) is 29.7. The van der Waals surface area contributed by atoms with Crippen LogP contribution in [0, 0.1) is 5.92 Å². The van der Waals surface area contributed by atoms with Crippen molar-refractivity contribution in [2.45, 2.75) is 58.7 Å². The molecule has 0 fully saturated rings. The molecule has 1 N–H and O–H groups in total. The number of esters is 1. The van der Waals surface area contributed by atoms with Gasteiger partial charge in [0.1, 0.15) is 11.9 Å². The zero-order valence-electron chi connectivity index (χ0n) is 23.7. The van der Waals surface area contributed by atoms with Crippen molar-refractivity contribution in [2.75, 3.05) is 13.7 Å². The van der Waals surface area contributed by atoms with E-state index in [0.29, 0.717) is 11.1 Å². The van der Waals surface area contributed by atoms with E-state index in [-0.39, 0.29) is 41.5 Å². The van der Waals surface area contributed by atoms with Crippen molar-refractivity contribution < 1.29 is 32.2 Å². The second kappa shape index (κ2) is 12.6. The third kappa shape index (κ3) is 7.87. The summed E-state index contributed by atoms with van der Waals surface area (Å²) in [6.45, 7) is 10.1. The predicted octanol–water partition coefficient (Wildman–Crippen LogP) is 7.74. The molecule has 1 atom stereocenters. The number of halogens is 3. The van der Waals surface area contributed by atoms with Gasteiger partial charge in [0.05, 0.1) is 19.1 Å². The van der Waals surface area contributed by atoms with Crippen LogP contribution in [0.5, 0.6) is 5.75 Å². The molecule has 3 aromatic carbocycles. The quantitative estimate of drug-likeness (QED) is 0.274. The molecule has 214 valence electrons. The lowest BCUT2D eigenvalue weighted by atomic mass is 9.86. The minimum absolute atomic E-state index is 0.0600. The highest BCUT2D eigenvalue weighted by Crippen LogP contribution is 2.41. The molecule has 0 radical (unpaired) electrons. The summed E-state index contributed by atoms with van der Waals surface area (Å²) in [5.41, 5.74) is 1.83. The molecule has 0 spiro atoms. The van der Waals surface area contributed by atoms with Gasteiger partial charge in [-0.15, -0.1) is 0 Å². The average Bonchev–Trinajstić information content (AvgIpc) is 2.90. The number of hydrogen-bond acceptors (Lipinski definition) is 4.